The van der Waals surface area contributed by atoms with Gasteiger partial charge in [0.25, 0.3) is 5.97 Å². The van der Waals surface area contributed by atoms with Gasteiger partial charge in [-0.05, 0) is 6.07 Å². The van der Waals surface area contributed by atoms with Gasteiger partial charge < -0.3 is 25.2 Å². The van der Waals surface area contributed by atoms with Crippen LogP contribution in [0.4, 0.5) is 0 Å². The molecule has 1 fully saturated rings. The summed E-state index contributed by atoms with van der Waals surface area (Å²) in [4.78, 5) is 12.9. The first-order chi connectivity index (χ1) is 8.97. The lowest BCUT2D eigenvalue weighted by Crippen LogP contribution is -2.32. The van der Waals surface area contributed by atoms with E-state index in [1.54, 1.807) is 24.5 Å². The predicted molar refractivity (Wildman–Crippen MR) is 64.3 cm³/mol. The van der Waals surface area contributed by atoms with Gasteiger partial charge in [-0.3, -0.25) is 9.78 Å². The Labute approximate surface area is 110 Å². The highest BCUT2D eigenvalue weighted by molar-refractivity contribution is 5.62. The average molecular weight is 271 g/mol. The van der Waals surface area contributed by atoms with Crippen molar-refractivity contribution in [3.63, 3.8) is 0 Å². The standard InChI is InChI=1S/C10H13NO4.C2H4O2/c12-5-7-8(13)9(14)10(15-7)6-2-1-3-11-4-6;1-2(3)4/h1-4,7-10,12-14H,5H2;1H3,(H,3,4)/t7-,8-,9-,10-;/m1./s1. The zero-order valence-electron chi connectivity index (χ0n) is 10.4. The zero-order valence-corrected chi connectivity index (χ0v) is 10.4. The monoisotopic (exact) mass is 271 g/mol. The number of carbonyl (C=O) groups is 1. The second-order valence-electron chi connectivity index (χ2n) is 4.06. The summed E-state index contributed by atoms with van der Waals surface area (Å²) in [7, 11) is 0. The molecule has 0 amide bonds. The average Bonchev–Trinajstić information content (AvgIpc) is 2.66. The molecule has 1 aliphatic rings. The summed E-state index contributed by atoms with van der Waals surface area (Å²) >= 11 is 0. The Morgan fingerprint density at radius 3 is 2.47 bits per heavy atom. The van der Waals surface area contributed by atoms with Crippen molar-refractivity contribution in [2.45, 2.75) is 31.3 Å². The molecule has 4 atom stereocenters. The Morgan fingerprint density at radius 2 is 2.05 bits per heavy atom. The normalized spacial score (nSPS) is 29.5. The smallest absolute Gasteiger partial charge is 0.300 e. The van der Waals surface area contributed by atoms with Crippen molar-refractivity contribution in [2.75, 3.05) is 6.61 Å². The van der Waals surface area contributed by atoms with Gasteiger partial charge in [-0.15, -0.1) is 0 Å². The summed E-state index contributed by atoms with van der Waals surface area (Å²) in [6.07, 6.45) is -0.242. The summed E-state index contributed by atoms with van der Waals surface area (Å²) in [5.74, 6) is -0.833. The Bertz CT molecular complexity index is 394. The SMILES string of the molecule is CC(=O)O.OC[C@H]1O[C@H](c2cccnc2)[C@H](O)[C@@H]1O. The van der Waals surface area contributed by atoms with Gasteiger partial charge in [0.15, 0.2) is 0 Å². The molecule has 0 bridgehead atoms. The lowest BCUT2D eigenvalue weighted by molar-refractivity contribution is -0.134. The molecule has 0 spiro atoms. The van der Waals surface area contributed by atoms with E-state index < -0.39 is 30.4 Å². The molecule has 1 aromatic heterocycles. The van der Waals surface area contributed by atoms with E-state index in [1.165, 1.54) is 0 Å². The van der Waals surface area contributed by atoms with Gasteiger partial charge in [0.05, 0.1) is 6.61 Å². The first-order valence-corrected chi connectivity index (χ1v) is 5.69. The van der Waals surface area contributed by atoms with Crippen LogP contribution in [0, 0.1) is 0 Å². The minimum atomic E-state index is -1.06. The summed E-state index contributed by atoms with van der Waals surface area (Å²) in [5, 5.41) is 35.6. The number of rotatable bonds is 2. The first kappa shape index (κ1) is 15.5. The minimum absolute atomic E-state index is 0.311. The van der Waals surface area contributed by atoms with E-state index >= 15 is 0 Å². The second-order valence-corrected chi connectivity index (χ2v) is 4.06. The number of aliphatic hydroxyl groups is 3. The fourth-order valence-electron chi connectivity index (χ4n) is 1.72. The molecule has 0 aliphatic carbocycles. The van der Waals surface area contributed by atoms with Crippen molar-refractivity contribution in [1.82, 2.24) is 4.98 Å². The number of hydrogen-bond donors (Lipinski definition) is 4. The number of ether oxygens (including phenoxy) is 1. The molecule has 106 valence electrons. The summed E-state index contributed by atoms with van der Waals surface area (Å²) < 4.78 is 5.33. The number of nitrogens with zero attached hydrogens (tertiary/aromatic N) is 1. The van der Waals surface area contributed by atoms with Crippen LogP contribution < -0.4 is 0 Å². The van der Waals surface area contributed by atoms with Gasteiger partial charge in [0.2, 0.25) is 0 Å². The highest BCUT2D eigenvalue weighted by atomic mass is 16.6. The molecule has 1 aliphatic heterocycles. The maximum atomic E-state index is 9.70. The number of hydrogen-bond acceptors (Lipinski definition) is 6. The van der Waals surface area contributed by atoms with Gasteiger partial charge in [-0.25, -0.2) is 0 Å². The molecule has 7 nitrogen and oxygen atoms in total. The van der Waals surface area contributed by atoms with Crippen molar-refractivity contribution < 1.29 is 30.0 Å². The lowest BCUT2D eigenvalue weighted by atomic mass is 10.0. The van der Waals surface area contributed by atoms with E-state index in [0.29, 0.717) is 5.56 Å². The number of pyridine rings is 1. The van der Waals surface area contributed by atoms with E-state index in [2.05, 4.69) is 4.98 Å². The van der Waals surface area contributed by atoms with Gasteiger partial charge in [-0.1, -0.05) is 6.07 Å². The predicted octanol–water partition coefficient (Wildman–Crippen LogP) is -0.673. The van der Waals surface area contributed by atoms with Crippen LogP contribution in [0.2, 0.25) is 0 Å². The summed E-state index contributed by atoms with van der Waals surface area (Å²) in [5.41, 5.74) is 0.694. The maximum Gasteiger partial charge on any atom is 0.300 e. The lowest BCUT2D eigenvalue weighted by Gasteiger charge is -2.13. The number of aromatic nitrogens is 1. The van der Waals surface area contributed by atoms with Crippen LogP contribution in [0.1, 0.15) is 18.6 Å². The van der Waals surface area contributed by atoms with Crippen LogP contribution in [-0.4, -0.2) is 56.3 Å². The van der Waals surface area contributed by atoms with E-state index in [0.717, 1.165) is 6.92 Å². The van der Waals surface area contributed by atoms with E-state index in [1.807, 2.05) is 0 Å². The molecule has 7 heteroatoms. The van der Waals surface area contributed by atoms with Gasteiger partial charge in [0, 0.05) is 24.9 Å². The van der Waals surface area contributed by atoms with Crippen molar-refractivity contribution in [2.24, 2.45) is 0 Å². The molecule has 1 saturated heterocycles. The maximum absolute atomic E-state index is 9.70. The molecule has 19 heavy (non-hydrogen) atoms. The summed E-state index contributed by atoms with van der Waals surface area (Å²) in [6, 6.07) is 3.48. The molecule has 1 aromatic rings. The molecular weight excluding hydrogens is 254 g/mol. The minimum Gasteiger partial charge on any atom is -0.481 e. The quantitative estimate of drug-likeness (QED) is 0.562. The van der Waals surface area contributed by atoms with E-state index in [4.69, 9.17) is 19.7 Å². The van der Waals surface area contributed by atoms with Gasteiger partial charge in [0.1, 0.15) is 24.4 Å². The van der Waals surface area contributed by atoms with Crippen LogP contribution in [0.5, 0.6) is 0 Å². The number of aliphatic hydroxyl groups excluding tert-OH is 3. The molecule has 0 unspecified atom stereocenters. The topological polar surface area (TPSA) is 120 Å². The second kappa shape index (κ2) is 7.15. The van der Waals surface area contributed by atoms with Crippen LogP contribution in [0.25, 0.3) is 0 Å². The summed E-state index contributed by atoms with van der Waals surface area (Å²) in [6.45, 7) is 0.773. The van der Waals surface area contributed by atoms with E-state index in [-0.39, 0.29) is 6.61 Å². The molecule has 2 rings (SSSR count). The number of carboxylic acids is 1. The fourth-order valence-corrected chi connectivity index (χ4v) is 1.72. The van der Waals surface area contributed by atoms with Crippen LogP contribution in [-0.2, 0) is 9.53 Å². The zero-order chi connectivity index (χ0) is 14.4. The van der Waals surface area contributed by atoms with Crippen molar-refractivity contribution in [1.29, 1.82) is 0 Å². The number of aliphatic carboxylic acids is 1. The van der Waals surface area contributed by atoms with Crippen LogP contribution in [0.3, 0.4) is 0 Å². The van der Waals surface area contributed by atoms with E-state index in [9.17, 15) is 10.2 Å². The Kier molecular flexibility index (Phi) is 5.84. The van der Waals surface area contributed by atoms with Crippen LogP contribution in [0.15, 0.2) is 24.5 Å². The molecule has 0 saturated carbocycles. The highest BCUT2D eigenvalue weighted by Crippen LogP contribution is 2.32. The Balaban J connectivity index is 0.000000399. The molecule has 0 aromatic carbocycles. The van der Waals surface area contributed by atoms with Gasteiger partial charge >= 0.3 is 0 Å². The highest BCUT2D eigenvalue weighted by Gasteiger charge is 2.42. The Hall–Kier alpha value is -1.54. The third kappa shape index (κ3) is 4.25. The molecular formula is C12H17NO6. The van der Waals surface area contributed by atoms with Gasteiger partial charge in [-0.2, -0.15) is 0 Å². The van der Waals surface area contributed by atoms with Crippen LogP contribution >= 0.6 is 0 Å². The third-order valence-electron chi connectivity index (χ3n) is 2.56. The van der Waals surface area contributed by atoms with Crippen molar-refractivity contribution in [3.05, 3.63) is 30.1 Å². The molecule has 2 heterocycles. The Morgan fingerprint density at radius 1 is 1.42 bits per heavy atom. The fraction of sp³-hybridized carbons (Fsp3) is 0.500. The third-order valence-corrected chi connectivity index (χ3v) is 2.56. The number of carboxylic acid groups (broad SMARTS) is 1. The molecule has 0 radical (unpaired) electrons. The van der Waals surface area contributed by atoms with Crippen molar-refractivity contribution >= 4 is 5.97 Å². The molecule has 4 N–H and O–H groups in total. The largest absolute Gasteiger partial charge is 0.481 e. The first-order valence-electron chi connectivity index (χ1n) is 5.69. The van der Waals surface area contributed by atoms with Crippen molar-refractivity contribution in [3.8, 4) is 0 Å².